The molecule has 1 saturated carbocycles. The predicted octanol–water partition coefficient (Wildman–Crippen LogP) is 9.08. The minimum absolute atomic E-state index is 0.0153. The summed E-state index contributed by atoms with van der Waals surface area (Å²) in [5, 5.41) is 43.8. The van der Waals surface area contributed by atoms with E-state index in [4.69, 9.17) is 26.4 Å². The Bertz CT molecular complexity index is 3840. The van der Waals surface area contributed by atoms with Crippen molar-refractivity contribution in [3.63, 3.8) is 0 Å². The molecule has 2 amide bonds. The number of benzene rings is 6. The standard InChI is InChI=1S/C58H51N7O11S/c1-31(66)30-75-40-15-19-46-44(28-40)35(29-61-46)24-48(57(73)74)64-55(70)34-11-20-49-47(23-34)63-53(65(49)37-5-3-2-4-6-37)32-7-9-33(10-8-32)54(69)59-21-22-60-58(77)62-36-12-16-41(45(25-36)56(71)72)52-42-17-13-38(67)26-50(42)76-51-27-39(68)14-18-43(51)52/h7-20,23,25-29,37,48,61,67H,2-6,21-22,24,30H2,1H3,(H,59,69)(H,64,70)(H,71,72)(H,73,74)(H2,60,62,77)/t48-/m0/s1. The predicted molar refractivity (Wildman–Crippen MR) is 294 cm³/mol. The zero-order valence-electron chi connectivity index (χ0n) is 41.5. The number of phenols is 1. The van der Waals surface area contributed by atoms with E-state index in [1.807, 2.05) is 18.2 Å². The SMILES string of the molecule is CC(=O)COc1ccc2[nH]cc(C[C@H](NC(=O)c3ccc4c(c3)nc(-c3ccc(C(=O)NCCNC(=S)Nc5ccc(-c6c7ccc(=O)cc-7oc7cc(O)ccc67)c(C(=O)O)c5)cc3)n4C3CCCCC3)C(=O)O)c2c1. The van der Waals surface area contributed by atoms with E-state index in [0.717, 1.165) is 48.7 Å². The highest BCUT2D eigenvalue weighted by atomic mass is 32.1. The van der Waals surface area contributed by atoms with E-state index >= 15 is 0 Å². The van der Waals surface area contributed by atoms with Crippen LogP contribution in [-0.2, 0) is 16.0 Å². The van der Waals surface area contributed by atoms with Crippen molar-refractivity contribution in [2.24, 2.45) is 0 Å². The van der Waals surface area contributed by atoms with Gasteiger partial charge >= 0.3 is 11.9 Å². The van der Waals surface area contributed by atoms with Crippen LogP contribution in [0, 0.1) is 0 Å². The number of aliphatic carboxylic acids is 1. The minimum Gasteiger partial charge on any atom is -0.508 e. The van der Waals surface area contributed by atoms with Gasteiger partial charge in [-0.15, -0.1) is 0 Å². The number of carbonyl (C=O) groups excluding carboxylic acids is 3. The smallest absolute Gasteiger partial charge is 0.336 e. The van der Waals surface area contributed by atoms with Crippen LogP contribution >= 0.6 is 12.2 Å². The van der Waals surface area contributed by atoms with Crippen molar-refractivity contribution < 1.29 is 48.4 Å². The molecular weight excluding hydrogens is 1000 g/mol. The van der Waals surface area contributed by atoms with Gasteiger partial charge in [0.1, 0.15) is 41.3 Å². The highest BCUT2D eigenvalue weighted by Crippen LogP contribution is 2.43. The summed E-state index contributed by atoms with van der Waals surface area (Å²) in [6.07, 6.45) is 6.82. The van der Waals surface area contributed by atoms with Gasteiger partial charge < -0.3 is 55.3 Å². The van der Waals surface area contributed by atoms with Crippen LogP contribution in [0.3, 0.4) is 0 Å². The molecule has 3 heterocycles. The number of nitrogens with one attached hydrogen (secondary N) is 5. The number of carboxylic acid groups (broad SMARTS) is 2. The number of Topliss-reactive ketones (excluding diaryl/α,β-unsaturated/α-hetero) is 1. The molecule has 7 aromatic rings. The lowest BCUT2D eigenvalue weighted by atomic mass is 9.90. The maximum absolute atomic E-state index is 13.8. The van der Waals surface area contributed by atoms with E-state index in [1.54, 1.807) is 72.9 Å². The summed E-state index contributed by atoms with van der Waals surface area (Å²) in [4.78, 5) is 84.3. The Balaban J connectivity index is 0.788. The molecule has 0 bridgehead atoms. The number of carbonyl (C=O) groups is 5. The summed E-state index contributed by atoms with van der Waals surface area (Å²) in [6.45, 7) is 1.77. The maximum atomic E-state index is 13.8. The number of amides is 2. The Morgan fingerprint density at radius 2 is 1.58 bits per heavy atom. The summed E-state index contributed by atoms with van der Waals surface area (Å²) in [6, 6.07) is 30.0. The molecule has 8 N–H and O–H groups in total. The number of aromatic nitrogens is 3. The van der Waals surface area contributed by atoms with Gasteiger partial charge in [0.15, 0.2) is 16.3 Å². The highest BCUT2D eigenvalue weighted by molar-refractivity contribution is 7.80. The Labute approximate surface area is 444 Å². The number of hydrogen-bond donors (Lipinski definition) is 8. The van der Waals surface area contributed by atoms with Crippen molar-refractivity contribution in [2.45, 2.75) is 57.5 Å². The van der Waals surface area contributed by atoms with Gasteiger partial charge in [0.25, 0.3) is 11.8 Å². The molecule has 2 aromatic heterocycles. The number of aromatic carboxylic acids is 1. The second-order valence-electron chi connectivity index (χ2n) is 19.0. The Morgan fingerprint density at radius 1 is 0.818 bits per heavy atom. The number of fused-ring (bicyclic) bond motifs is 4. The zero-order chi connectivity index (χ0) is 53.9. The van der Waals surface area contributed by atoms with Crippen LogP contribution in [-0.4, -0.2) is 90.2 Å². The normalized spacial score (nSPS) is 13.1. The first-order chi connectivity index (χ1) is 37.2. The van der Waals surface area contributed by atoms with Crippen LogP contribution < -0.4 is 31.4 Å². The summed E-state index contributed by atoms with van der Waals surface area (Å²) < 4.78 is 13.7. The molecule has 5 aromatic carbocycles. The zero-order valence-corrected chi connectivity index (χ0v) is 42.3. The fourth-order valence-electron chi connectivity index (χ4n) is 9.98. The first-order valence-electron chi connectivity index (χ1n) is 25.0. The van der Waals surface area contributed by atoms with Crippen molar-refractivity contribution in [2.75, 3.05) is 25.0 Å². The molecule has 1 aliphatic heterocycles. The van der Waals surface area contributed by atoms with E-state index in [2.05, 4.69) is 30.8 Å². The van der Waals surface area contributed by atoms with Crippen molar-refractivity contribution in [1.29, 1.82) is 0 Å². The first kappa shape index (κ1) is 51.1. The number of thiocarbonyl (C=S) groups is 1. The lowest BCUT2D eigenvalue weighted by Gasteiger charge is -2.25. The van der Waals surface area contributed by atoms with Gasteiger partial charge in [0.05, 0.1) is 16.6 Å². The van der Waals surface area contributed by atoms with Crippen molar-refractivity contribution in [3.05, 3.63) is 154 Å². The number of anilines is 1. The van der Waals surface area contributed by atoms with Gasteiger partial charge in [0, 0.05) is 93.7 Å². The molecule has 0 unspecified atom stereocenters. The quantitative estimate of drug-likeness (QED) is 0.0240. The van der Waals surface area contributed by atoms with Crippen LogP contribution in [0.15, 0.2) is 131 Å². The highest BCUT2D eigenvalue weighted by Gasteiger charge is 2.27. The second-order valence-corrected chi connectivity index (χ2v) is 19.4. The molecule has 2 aliphatic carbocycles. The molecule has 1 fully saturated rings. The number of aromatic amines is 1. The molecule has 10 rings (SSSR count). The summed E-state index contributed by atoms with van der Waals surface area (Å²) in [5.74, 6) is -2.12. The lowest BCUT2D eigenvalue weighted by Crippen LogP contribution is -2.42. The minimum atomic E-state index is -1.26. The number of nitrogens with zero attached hydrogens (tertiary/aromatic N) is 2. The van der Waals surface area contributed by atoms with E-state index in [-0.39, 0.29) is 82.6 Å². The van der Waals surface area contributed by atoms with E-state index in [9.17, 15) is 44.1 Å². The fourth-order valence-corrected chi connectivity index (χ4v) is 10.2. The summed E-state index contributed by atoms with van der Waals surface area (Å²) >= 11 is 5.52. The number of carboxylic acids is 2. The summed E-state index contributed by atoms with van der Waals surface area (Å²) in [7, 11) is 0. The second kappa shape index (κ2) is 21.8. The number of H-pyrrole nitrogens is 1. The van der Waals surface area contributed by atoms with Gasteiger partial charge in [-0.05, 0) is 128 Å². The molecule has 77 heavy (non-hydrogen) atoms. The van der Waals surface area contributed by atoms with E-state index < -0.39 is 23.9 Å². The molecule has 390 valence electrons. The van der Waals surface area contributed by atoms with Gasteiger partial charge in [-0.1, -0.05) is 37.5 Å². The average molecular weight is 1050 g/mol. The molecule has 0 saturated heterocycles. The van der Waals surface area contributed by atoms with Crippen LogP contribution in [0.25, 0.3) is 66.7 Å². The van der Waals surface area contributed by atoms with Crippen LogP contribution in [0.1, 0.15) is 81.7 Å². The Hall–Kier alpha value is -9.36. The largest absolute Gasteiger partial charge is 0.508 e. The number of phenolic OH excluding ortho intramolecular Hbond substituents is 1. The van der Waals surface area contributed by atoms with Crippen molar-refractivity contribution >= 4 is 85.5 Å². The molecule has 19 heteroatoms. The third-order valence-corrected chi connectivity index (χ3v) is 13.9. The number of hydrogen-bond acceptors (Lipinski definition) is 11. The number of aromatic hydroxyl groups is 1. The van der Waals surface area contributed by atoms with Gasteiger partial charge in [-0.2, -0.15) is 0 Å². The lowest BCUT2D eigenvalue weighted by molar-refractivity contribution is -0.139. The molecule has 1 atom stereocenters. The van der Waals surface area contributed by atoms with E-state index in [0.29, 0.717) is 61.4 Å². The molecular formula is C58H51N7O11S. The average Bonchev–Trinajstić information content (AvgIpc) is 4.05. The van der Waals surface area contributed by atoms with Crippen LogP contribution in [0.5, 0.6) is 11.5 Å². The van der Waals surface area contributed by atoms with Gasteiger partial charge in [0.2, 0.25) is 0 Å². The van der Waals surface area contributed by atoms with Crippen LogP contribution in [0.2, 0.25) is 0 Å². The first-order valence-corrected chi connectivity index (χ1v) is 25.4. The third-order valence-electron chi connectivity index (χ3n) is 13.7. The van der Waals surface area contributed by atoms with Gasteiger partial charge in [-0.25, -0.2) is 14.6 Å². The number of ketones is 1. The maximum Gasteiger partial charge on any atom is 0.336 e. The molecule has 3 aliphatic rings. The monoisotopic (exact) mass is 1050 g/mol. The van der Waals surface area contributed by atoms with Crippen LogP contribution in [0.4, 0.5) is 5.69 Å². The van der Waals surface area contributed by atoms with E-state index in [1.165, 1.54) is 37.3 Å². The Kier molecular flexibility index (Phi) is 14.5. The number of imidazole rings is 1. The molecule has 18 nitrogen and oxygen atoms in total. The van der Waals surface area contributed by atoms with Gasteiger partial charge in [-0.3, -0.25) is 19.2 Å². The number of rotatable bonds is 17. The topological polar surface area (TPSA) is 267 Å². The fraction of sp³-hybridized carbons (Fsp3) is 0.207. The van der Waals surface area contributed by atoms with Crippen molar-refractivity contribution in [3.8, 4) is 45.3 Å². The van der Waals surface area contributed by atoms with Crippen molar-refractivity contribution in [1.82, 2.24) is 30.5 Å². The summed E-state index contributed by atoms with van der Waals surface area (Å²) in [5.41, 5.74) is 5.93. The number of ether oxygens (including phenoxy) is 1. The molecule has 0 spiro atoms. The Morgan fingerprint density at radius 3 is 2.35 bits per heavy atom. The molecule has 0 radical (unpaired) electrons. The third kappa shape index (κ3) is 11.1.